The van der Waals surface area contributed by atoms with E-state index in [0.29, 0.717) is 6.54 Å². The number of carbonyl (C=O) groups is 2. The molecule has 10 heteroatoms. The van der Waals surface area contributed by atoms with Gasteiger partial charge in [-0.3, -0.25) is 13.9 Å². The van der Waals surface area contributed by atoms with Crippen LogP contribution in [0.3, 0.4) is 0 Å². The Morgan fingerprint density at radius 3 is 2.09 bits per heavy atom. The molecule has 0 spiro atoms. The van der Waals surface area contributed by atoms with E-state index in [-0.39, 0.29) is 35.4 Å². The second-order valence-electron chi connectivity index (χ2n) is 10.8. The van der Waals surface area contributed by atoms with E-state index in [4.69, 9.17) is 0 Å². The molecule has 0 radical (unpaired) electrons. The van der Waals surface area contributed by atoms with Gasteiger partial charge in [-0.1, -0.05) is 103 Å². The fourth-order valence-electron chi connectivity index (χ4n) is 4.70. The van der Waals surface area contributed by atoms with Gasteiger partial charge in [0.25, 0.3) is 10.0 Å². The van der Waals surface area contributed by atoms with Gasteiger partial charge in [0.1, 0.15) is 18.4 Å². The van der Waals surface area contributed by atoms with Crippen LogP contribution in [0.15, 0.2) is 119 Å². The van der Waals surface area contributed by atoms with Crippen LogP contribution in [-0.4, -0.2) is 44.3 Å². The molecule has 230 valence electrons. The summed E-state index contributed by atoms with van der Waals surface area (Å²) < 4.78 is 44.6. The van der Waals surface area contributed by atoms with Gasteiger partial charge in [0.15, 0.2) is 0 Å². The van der Waals surface area contributed by atoms with E-state index >= 15 is 4.39 Å². The second kappa shape index (κ2) is 15.1. The molecular weight excluding hydrogens is 645 g/mol. The van der Waals surface area contributed by atoms with Crippen LogP contribution in [0, 0.1) is 11.7 Å². The summed E-state index contributed by atoms with van der Waals surface area (Å²) in [6.07, 6.45) is 0.190. The number of hydrogen-bond donors (Lipinski definition) is 1. The summed E-state index contributed by atoms with van der Waals surface area (Å²) >= 11 is 3.47. The lowest BCUT2D eigenvalue weighted by molar-refractivity contribution is -0.140. The molecule has 44 heavy (non-hydrogen) atoms. The van der Waals surface area contributed by atoms with Crippen LogP contribution < -0.4 is 9.62 Å². The maximum Gasteiger partial charge on any atom is 0.264 e. The average Bonchev–Trinajstić information content (AvgIpc) is 3.01. The third-order valence-corrected chi connectivity index (χ3v) is 9.20. The summed E-state index contributed by atoms with van der Waals surface area (Å²) in [5, 5.41) is 2.95. The summed E-state index contributed by atoms with van der Waals surface area (Å²) in [5.74, 6) is -1.66. The number of nitrogens with one attached hydrogen (secondary N) is 1. The number of carbonyl (C=O) groups excluding carboxylic acids is 2. The topological polar surface area (TPSA) is 86.8 Å². The van der Waals surface area contributed by atoms with Crippen molar-refractivity contribution in [3.63, 3.8) is 0 Å². The van der Waals surface area contributed by atoms with Gasteiger partial charge < -0.3 is 10.2 Å². The minimum absolute atomic E-state index is 0.0152. The Bertz CT molecular complexity index is 1670. The van der Waals surface area contributed by atoms with Crippen LogP contribution in [-0.2, 0) is 32.6 Å². The van der Waals surface area contributed by atoms with Crippen LogP contribution in [0.5, 0.6) is 0 Å². The van der Waals surface area contributed by atoms with Crippen LogP contribution in [0.25, 0.3) is 0 Å². The Hall–Kier alpha value is -4.02. The first-order valence-electron chi connectivity index (χ1n) is 14.2. The fourth-order valence-corrected chi connectivity index (χ4v) is 6.59. The van der Waals surface area contributed by atoms with Crippen molar-refractivity contribution in [1.82, 2.24) is 10.2 Å². The average molecular weight is 681 g/mol. The highest BCUT2D eigenvalue weighted by molar-refractivity contribution is 9.10. The van der Waals surface area contributed by atoms with Gasteiger partial charge in [-0.05, 0) is 53.4 Å². The Morgan fingerprint density at radius 2 is 1.45 bits per heavy atom. The zero-order valence-electron chi connectivity index (χ0n) is 24.6. The standard InChI is InChI=1S/C34H35BrFN3O4S/c1-25(2)22-37-34(41)32(21-26-12-5-3-6-13-26)38(23-27-14-11-15-28(35)20-27)33(40)24-39(31-19-10-9-18-30(31)36)44(42,43)29-16-7-4-8-17-29/h3-20,25,32H,21-24H2,1-2H3,(H,37,41)/t32-/m1/s1. The normalized spacial score (nSPS) is 12.0. The Morgan fingerprint density at radius 1 is 0.841 bits per heavy atom. The molecule has 0 aromatic heterocycles. The highest BCUT2D eigenvalue weighted by Gasteiger charge is 2.35. The van der Waals surface area contributed by atoms with E-state index in [9.17, 15) is 18.0 Å². The van der Waals surface area contributed by atoms with Crippen molar-refractivity contribution in [3.8, 4) is 0 Å². The molecule has 1 N–H and O–H groups in total. The molecule has 4 aromatic rings. The summed E-state index contributed by atoms with van der Waals surface area (Å²) in [6, 6.07) is 28.6. The van der Waals surface area contributed by atoms with Gasteiger partial charge in [0.2, 0.25) is 11.8 Å². The Labute approximate surface area is 266 Å². The zero-order valence-corrected chi connectivity index (χ0v) is 27.0. The lowest BCUT2D eigenvalue weighted by atomic mass is 10.0. The quantitative estimate of drug-likeness (QED) is 0.182. The van der Waals surface area contributed by atoms with E-state index in [1.54, 1.807) is 18.2 Å². The lowest BCUT2D eigenvalue weighted by Crippen LogP contribution is -2.53. The Kier molecular flexibility index (Phi) is 11.3. The molecule has 0 heterocycles. The van der Waals surface area contributed by atoms with Gasteiger partial charge in [-0.2, -0.15) is 0 Å². The number of halogens is 2. The number of para-hydroxylation sites is 1. The summed E-state index contributed by atoms with van der Waals surface area (Å²) in [6.45, 7) is 3.62. The molecule has 4 aromatic carbocycles. The van der Waals surface area contributed by atoms with E-state index in [1.165, 1.54) is 35.2 Å². The van der Waals surface area contributed by atoms with Crippen molar-refractivity contribution in [2.45, 2.75) is 37.8 Å². The Balaban J connectivity index is 1.80. The molecule has 7 nitrogen and oxygen atoms in total. The molecule has 0 aliphatic rings. The van der Waals surface area contributed by atoms with Gasteiger partial charge in [0, 0.05) is 24.0 Å². The number of hydrogen-bond acceptors (Lipinski definition) is 4. The van der Waals surface area contributed by atoms with Crippen molar-refractivity contribution in [2.24, 2.45) is 5.92 Å². The van der Waals surface area contributed by atoms with Gasteiger partial charge >= 0.3 is 0 Å². The van der Waals surface area contributed by atoms with Crippen molar-refractivity contribution in [2.75, 3.05) is 17.4 Å². The lowest BCUT2D eigenvalue weighted by Gasteiger charge is -2.34. The molecular formula is C34H35BrFN3O4S. The third kappa shape index (κ3) is 8.54. The SMILES string of the molecule is CC(C)CNC(=O)[C@@H](Cc1ccccc1)N(Cc1cccc(Br)c1)C(=O)CN(c1ccccc1F)S(=O)(=O)c1ccccc1. The van der Waals surface area contributed by atoms with E-state index in [1.807, 2.05) is 68.4 Å². The fraction of sp³-hybridized carbons (Fsp3) is 0.235. The smallest absolute Gasteiger partial charge is 0.264 e. The number of amides is 2. The molecule has 0 saturated carbocycles. The first kappa shape index (κ1) is 32.9. The first-order valence-corrected chi connectivity index (χ1v) is 16.5. The van der Waals surface area contributed by atoms with Gasteiger partial charge in [-0.25, -0.2) is 12.8 Å². The van der Waals surface area contributed by atoms with Crippen molar-refractivity contribution >= 4 is 43.5 Å². The highest BCUT2D eigenvalue weighted by Crippen LogP contribution is 2.27. The largest absolute Gasteiger partial charge is 0.354 e. The number of anilines is 1. The first-order chi connectivity index (χ1) is 21.1. The summed E-state index contributed by atoms with van der Waals surface area (Å²) in [7, 11) is -4.37. The minimum atomic E-state index is -4.37. The van der Waals surface area contributed by atoms with E-state index in [2.05, 4.69) is 21.2 Å². The predicted molar refractivity (Wildman–Crippen MR) is 174 cm³/mol. The van der Waals surface area contributed by atoms with E-state index in [0.717, 1.165) is 26.0 Å². The molecule has 0 aliphatic carbocycles. The summed E-state index contributed by atoms with van der Waals surface area (Å²) in [5.41, 5.74) is 1.29. The third-order valence-electron chi connectivity index (χ3n) is 6.93. The molecule has 1 atom stereocenters. The number of rotatable bonds is 13. The molecule has 0 fully saturated rings. The van der Waals surface area contributed by atoms with Crippen LogP contribution in [0.2, 0.25) is 0 Å². The van der Waals surface area contributed by atoms with Crippen molar-refractivity contribution in [1.29, 1.82) is 0 Å². The minimum Gasteiger partial charge on any atom is -0.354 e. The molecule has 4 rings (SSSR count). The van der Waals surface area contributed by atoms with E-state index < -0.39 is 34.3 Å². The van der Waals surface area contributed by atoms with Gasteiger partial charge in [-0.15, -0.1) is 0 Å². The maximum absolute atomic E-state index is 15.2. The van der Waals surface area contributed by atoms with Crippen molar-refractivity contribution < 1.29 is 22.4 Å². The number of sulfonamides is 1. The zero-order chi connectivity index (χ0) is 31.7. The van der Waals surface area contributed by atoms with Crippen LogP contribution in [0.1, 0.15) is 25.0 Å². The molecule has 0 saturated heterocycles. The molecule has 2 amide bonds. The second-order valence-corrected chi connectivity index (χ2v) is 13.6. The van der Waals surface area contributed by atoms with Crippen LogP contribution >= 0.6 is 15.9 Å². The maximum atomic E-state index is 15.2. The number of benzene rings is 4. The summed E-state index contributed by atoms with van der Waals surface area (Å²) in [4.78, 5) is 29.5. The predicted octanol–water partition coefficient (Wildman–Crippen LogP) is 6.20. The van der Waals surface area contributed by atoms with Crippen LogP contribution in [0.4, 0.5) is 10.1 Å². The molecule has 0 aliphatic heterocycles. The monoisotopic (exact) mass is 679 g/mol. The highest BCUT2D eigenvalue weighted by atomic mass is 79.9. The van der Waals surface area contributed by atoms with Crippen molar-refractivity contribution in [3.05, 3.63) is 131 Å². The van der Waals surface area contributed by atoms with Gasteiger partial charge in [0.05, 0.1) is 10.6 Å². The molecule has 0 unspecified atom stereocenters. The molecule has 0 bridgehead atoms. The number of nitrogens with zero attached hydrogens (tertiary/aromatic N) is 2.